The zero-order valence-corrected chi connectivity index (χ0v) is 8.40. The second-order valence-electron chi connectivity index (χ2n) is 2.80. The standard InChI is InChI=1S/C10H12N2S/c1-2-3-8-6-9(13-7-11)4-5-10(8)12/h4-6H,2-3,12H2,1H3. The SMILES string of the molecule is CCCc1cc(SC#N)ccc1N. The lowest BCUT2D eigenvalue weighted by Gasteiger charge is -2.04. The number of hydrogen-bond acceptors (Lipinski definition) is 3. The van der Waals surface area contributed by atoms with Gasteiger partial charge in [-0.05, 0) is 41.9 Å². The van der Waals surface area contributed by atoms with Gasteiger partial charge < -0.3 is 5.73 Å². The van der Waals surface area contributed by atoms with Crippen molar-refractivity contribution in [1.29, 1.82) is 5.26 Å². The molecule has 0 aliphatic carbocycles. The van der Waals surface area contributed by atoms with Crippen LogP contribution in [0.2, 0.25) is 0 Å². The van der Waals surface area contributed by atoms with Crippen LogP contribution in [0.25, 0.3) is 0 Å². The highest BCUT2D eigenvalue weighted by Gasteiger charge is 2.00. The van der Waals surface area contributed by atoms with Crippen LogP contribution in [0, 0.1) is 10.7 Å². The first-order valence-corrected chi connectivity index (χ1v) is 5.04. The molecule has 1 aromatic rings. The first kappa shape index (κ1) is 9.94. The molecule has 0 saturated carbocycles. The summed E-state index contributed by atoms with van der Waals surface area (Å²) in [6.07, 6.45) is 2.05. The van der Waals surface area contributed by atoms with E-state index < -0.39 is 0 Å². The Balaban J connectivity index is 2.91. The van der Waals surface area contributed by atoms with E-state index in [9.17, 15) is 0 Å². The van der Waals surface area contributed by atoms with Crippen molar-refractivity contribution in [2.45, 2.75) is 24.7 Å². The van der Waals surface area contributed by atoms with Crippen molar-refractivity contribution in [2.75, 3.05) is 5.73 Å². The molecule has 0 unspecified atom stereocenters. The fourth-order valence-corrected chi connectivity index (χ4v) is 1.63. The topological polar surface area (TPSA) is 49.8 Å². The van der Waals surface area contributed by atoms with E-state index in [1.165, 1.54) is 11.8 Å². The van der Waals surface area contributed by atoms with E-state index in [-0.39, 0.29) is 0 Å². The fraction of sp³-hybridized carbons (Fsp3) is 0.300. The van der Waals surface area contributed by atoms with Gasteiger partial charge in [-0.2, -0.15) is 5.26 Å². The zero-order chi connectivity index (χ0) is 9.68. The van der Waals surface area contributed by atoms with Crippen LogP contribution in [-0.4, -0.2) is 0 Å². The van der Waals surface area contributed by atoms with Gasteiger partial charge in [0.1, 0.15) is 5.40 Å². The molecule has 13 heavy (non-hydrogen) atoms. The average molecular weight is 192 g/mol. The van der Waals surface area contributed by atoms with E-state index in [1.54, 1.807) is 0 Å². The molecule has 0 heterocycles. The van der Waals surface area contributed by atoms with Gasteiger partial charge in [0, 0.05) is 10.6 Å². The van der Waals surface area contributed by atoms with Crippen molar-refractivity contribution in [3.05, 3.63) is 23.8 Å². The normalized spacial score (nSPS) is 9.54. The Kier molecular flexibility index (Phi) is 3.66. The summed E-state index contributed by atoms with van der Waals surface area (Å²) < 4.78 is 0. The van der Waals surface area contributed by atoms with E-state index in [1.807, 2.05) is 23.6 Å². The van der Waals surface area contributed by atoms with Crippen molar-refractivity contribution >= 4 is 17.4 Å². The molecule has 0 aliphatic heterocycles. The van der Waals surface area contributed by atoms with E-state index >= 15 is 0 Å². The number of thiocyanates is 1. The predicted molar refractivity (Wildman–Crippen MR) is 56.3 cm³/mol. The number of nitrogen functional groups attached to an aromatic ring is 1. The highest BCUT2D eigenvalue weighted by Crippen LogP contribution is 2.22. The number of rotatable bonds is 3. The minimum atomic E-state index is 0.823. The molecule has 1 rings (SSSR count). The number of nitrogens with two attached hydrogens (primary N) is 1. The quantitative estimate of drug-likeness (QED) is 0.455. The lowest BCUT2D eigenvalue weighted by molar-refractivity contribution is 0.920. The Morgan fingerprint density at radius 3 is 2.92 bits per heavy atom. The maximum absolute atomic E-state index is 8.49. The summed E-state index contributed by atoms with van der Waals surface area (Å²) in [6.45, 7) is 2.11. The molecule has 3 heteroatoms. The third kappa shape index (κ3) is 2.67. The molecule has 1 aromatic carbocycles. The van der Waals surface area contributed by atoms with E-state index in [2.05, 4.69) is 6.92 Å². The Labute approximate surface area is 82.7 Å². The zero-order valence-electron chi connectivity index (χ0n) is 7.58. The molecule has 0 radical (unpaired) electrons. The first-order chi connectivity index (χ1) is 6.27. The van der Waals surface area contributed by atoms with Gasteiger partial charge >= 0.3 is 0 Å². The van der Waals surface area contributed by atoms with Crippen molar-refractivity contribution in [1.82, 2.24) is 0 Å². The molecule has 0 fully saturated rings. The van der Waals surface area contributed by atoms with Gasteiger partial charge in [-0.15, -0.1) is 0 Å². The molecule has 0 saturated heterocycles. The highest BCUT2D eigenvalue weighted by molar-refractivity contribution is 8.03. The van der Waals surface area contributed by atoms with Gasteiger partial charge in [-0.1, -0.05) is 13.3 Å². The van der Waals surface area contributed by atoms with Crippen molar-refractivity contribution < 1.29 is 0 Å². The molecule has 0 aliphatic rings. The monoisotopic (exact) mass is 192 g/mol. The molecular weight excluding hydrogens is 180 g/mol. The van der Waals surface area contributed by atoms with Crippen LogP contribution in [0.4, 0.5) is 5.69 Å². The summed E-state index contributed by atoms with van der Waals surface area (Å²) in [7, 11) is 0. The van der Waals surface area contributed by atoms with Crippen molar-refractivity contribution in [2.24, 2.45) is 0 Å². The number of aryl methyl sites for hydroxylation is 1. The number of nitriles is 1. The molecule has 2 nitrogen and oxygen atoms in total. The Morgan fingerprint density at radius 2 is 2.31 bits per heavy atom. The second kappa shape index (κ2) is 4.78. The van der Waals surface area contributed by atoms with Gasteiger partial charge in [0.15, 0.2) is 0 Å². The summed E-state index contributed by atoms with van der Waals surface area (Å²) in [6, 6.07) is 5.74. The molecule has 2 N–H and O–H groups in total. The maximum Gasteiger partial charge on any atom is 0.138 e. The maximum atomic E-state index is 8.49. The van der Waals surface area contributed by atoms with Crippen molar-refractivity contribution in [3.8, 4) is 5.40 Å². The number of thioether (sulfide) groups is 1. The third-order valence-electron chi connectivity index (χ3n) is 1.80. The van der Waals surface area contributed by atoms with Crippen LogP contribution in [0.3, 0.4) is 0 Å². The Morgan fingerprint density at radius 1 is 1.54 bits per heavy atom. The van der Waals surface area contributed by atoms with Crippen LogP contribution in [-0.2, 0) is 6.42 Å². The highest BCUT2D eigenvalue weighted by atomic mass is 32.2. The van der Waals surface area contributed by atoms with Gasteiger partial charge in [-0.25, -0.2) is 0 Å². The largest absolute Gasteiger partial charge is 0.399 e. The van der Waals surface area contributed by atoms with Crippen LogP contribution in [0.5, 0.6) is 0 Å². The third-order valence-corrected chi connectivity index (χ3v) is 2.38. The summed E-state index contributed by atoms with van der Waals surface area (Å²) in [5.41, 5.74) is 7.74. The van der Waals surface area contributed by atoms with E-state index in [0.717, 1.165) is 29.0 Å². The number of hydrogen-bond donors (Lipinski definition) is 1. The van der Waals surface area contributed by atoms with Gasteiger partial charge in [0.05, 0.1) is 0 Å². The van der Waals surface area contributed by atoms with Gasteiger partial charge in [0.2, 0.25) is 0 Å². The van der Waals surface area contributed by atoms with E-state index in [4.69, 9.17) is 11.0 Å². The van der Waals surface area contributed by atoms with Crippen LogP contribution in [0.15, 0.2) is 23.1 Å². The fourth-order valence-electron chi connectivity index (χ4n) is 1.18. The second-order valence-corrected chi connectivity index (χ2v) is 3.66. The Hall–Kier alpha value is -1.14. The number of anilines is 1. The molecule has 0 amide bonds. The summed E-state index contributed by atoms with van der Waals surface area (Å²) >= 11 is 1.17. The minimum absolute atomic E-state index is 0.823. The molecule has 0 bridgehead atoms. The van der Waals surface area contributed by atoms with Crippen LogP contribution < -0.4 is 5.73 Å². The minimum Gasteiger partial charge on any atom is -0.399 e. The summed E-state index contributed by atoms with van der Waals surface area (Å²) in [5, 5.41) is 10.5. The molecule has 68 valence electrons. The summed E-state index contributed by atoms with van der Waals surface area (Å²) in [4.78, 5) is 0.972. The van der Waals surface area contributed by atoms with Gasteiger partial charge in [-0.3, -0.25) is 0 Å². The smallest absolute Gasteiger partial charge is 0.138 e. The van der Waals surface area contributed by atoms with Crippen LogP contribution in [0.1, 0.15) is 18.9 Å². The number of nitrogens with zero attached hydrogens (tertiary/aromatic N) is 1. The molecule has 0 atom stereocenters. The predicted octanol–water partition coefficient (Wildman–Crippen LogP) is 2.79. The van der Waals surface area contributed by atoms with E-state index in [0.29, 0.717) is 0 Å². The van der Waals surface area contributed by atoms with Crippen molar-refractivity contribution in [3.63, 3.8) is 0 Å². The lowest BCUT2D eigenvalue weighted by Crippen LogP contribution is -1.93. The summed E-state index contributed by atoms with van der Waals surface area (Å²) in [5.74, 6) is 0. The molecular formula is C10H12N2S. The molecule has 0 spiro atoms. The lowest BCUT2D eigenvalue weighted by atomic mass is 10.1. The Bertz CT molecular complexity index is 328. The average Bonchev–Trinajstić information content (AvgIpc) is 2.12. The van der Waals surface area contributed by atoms with Crippen LogP contribution >= 0.6 is 11.8 Å². The van der Waals surface area contributed by atoms with Gasteiger partial charge in [0.25, 0.3) is 0 Å². The first-order valence-electron chi connectivity index (χ1n) is 4.22. The molecule has 0 aromatic heterocycles. The number of benzene rings is 1.